The van der Waals surface area contributed by atoms with Crippen LogP contribution in [0.1, 0.15) is 36.5 Å². The molecule has 0 unspecified atom stereocenters. The Balaban J connectivity index is 1.42. The van der Waals surface area contributed by atoms with E-state index in [1.54, 1.807) is 4.90 Å². The topological polar surface area (TPSA) is 61.9 Å². The van der Waals surface area contributed by atoms with E-state index in [1.807, 2.05) is 29.2 Å². The fraction of sp³-hybridized carbons (Fsp3) is 0.364. The molecule has 0 aliphatic carbocycles. The van der Waals surface area contributed by atoms with Gasteiger partial charge >= 0.3 is 12.1 Å². The van der Waals surface area contributed by atoms with Crippen LogP contribution in [0.4, 0.5) is 21.0 Å². The van der Waals surface area contributed by atoms with E-state index in [1.165, 1.54) is 16.7 Å². The number of ether oxygens (including phenoxy) is 1. The van der Waals surface area contributed by atoms with Crippen molar-refractivity contribution in [2.45, 2.75) is 32.7 Å². The molecule has 1 N–H and O–H groups in total. The van der Waals surface area contributed by atoms with Gasteiger partial charge in [-0.1, -0.05) is 32.0 Å². The van der Waals surface area contributed by atoms with Gasteiger partial charge in [0.2, 0.25) is 0 Å². The summed E-state index contributed by atoms with van der Waals surface area (Å²) in [6.45, 7) is 6.71. The van der Waals surface area contributed by atoms with Gasteiger partial charge in [-0.15, -0.1) is 0 Å². The summed E-state index contributed by atoms with van der Waals surface area (Å²) >= 11 is 0. The Morgan fingerprint density at radius 1 is 1.11 bits per heavy atom. The monoisotopic (exact) mass is 379 g/mol. The summed E-state index contributed by atoms with van der Waals surface area (Å²) in [5.74, 6) is 0.488. The predicted molar refractivity (Wildman–Crippen MR) is 109 cm³/mol. The molecule has 4 rings (SSSR count). The molecule has 0 bridgehead atoms. The second-order valence-corrected chi connectivity index (χ2v) is 7.55. The van der Waals surface area contributed by atoms with E-state index in [-0.39, 0.29) is 12.1 Å². The van der Waals surface area contributed by atoms with Crippen molar-refractivity contribution in [1.82, 2.24) is 4.90 Å². The van der Waals surface area contributed by atoms with Crippen molar-refractivity contribution in [2.75, 3.05) is 29.9 Å². The summed E-state index contributed by atoms with van der Waals surface area (Å²) in [6, 6.07) is 13.6. The molecule has 2 aromatic rings. The average molecular weight is 379 g/mol. The average Bonchev–Trinajstić information content (AvgIpc) is 3.13. The molecule has 6 nitrogen and oxygen atoms in total. The summed E-state index contributed by atoms with van der Waals surface area (Å²) in [4.78, 5) is 27.8. The highest BCUT2D eigenvalue weighted by atomic mass is 16.6. The fourth-order valence-corrected chi connectivity index (χ4v) is 3.91. The van der Waals surface area contributed by atoms with E-state index in [0.717, 1.165) is 12.1 Å². The number of rotatable bonds is 3. The normalized spacial score (nSPS) is 16.2. The SMILES string of the molecule is CC(C)c1cccc2c1CCN(C(=O)Nc1ccc(N3CCOC3=O)cc1)C2. The standard InChI is InChI=1S/C22H25N3O3/c1-15(2)19-5-3-4-16-14-24(11-10-20(16)19)21(26)23-17-6-8-18(9-7-17)25-12-13-28-22(25)27/h3-9,15H,10-14H2,1-2H3,(H,23,26). The van der Waals surface area contributed by atoms with Crippen molar-refractivity contribution in [1.29, 1.82) is 0 Å². The molecule has 2 aromatic carbocycles. The van der Waals surface area contributed by atoms with Crippen LogP contribution in [0.2, 0.25) is 0 Å². The number of amides is 3. The largest absolute Gasteiger partial charge is 0.447 e. The lowest BCUT2D eigenvalue weighted by Gasteiger charge is -2.31. The number of nitrogens with one attached hydrogen (secondary N) is 1. The highest BCUT2D eigenvalue weighted by Crippen LogP contribution is 2.28. The number of carbonyl (C=O) groups is 2. The van der Waals surface area contributed by atoms with Crippen LogP contribution in [0.3, 0.4) is 0 Å². The van der Waals surface area contributed by atoms with Gasteiger partial charge in [0.1, 0.15) is 6.61 Å². The van der Waals surface area contributed by atoms with Crippen LogP contribution in [0, 0.1) is 0 Å². The highest BCUT2D eigenvalue weighted by Gasteiger charge is 2.25. The molecule has 1 fully saturated rings. The van der Waals surface area contributed by atoms with Crippen molar-refractivity contribution >= 4 is 23.5 Å². The van der Waals surface area contributed by atoms with Gasteiger partial charge in [-0.25, -0.2) is 9.59 Å². The molecule has 3 amide bonds. The molecule has 0 radical (unpaired) electrons. The first-order valence-electron chi connectivity index (χ1n) is 9.74. The minimum absolute atomic E-state index is 0.103. The van der Waals surface area contributed by atoms with Crippen molar-refractivity contribution in [3.8, 4) is 0 Å². The third-order valence-electron chi connectivity index (χ3n) is 5.40. The summed E-state index contributed by atoms with van der Waals surface area (Å²) in [6.07, 6.45) is 0.553. The lowest BCUT2D eigenvalue weighted by molar-refractivity contribution is 0.181. The number of carbonyl (C=O) groups excluding carboxylic acids is 2. The molecule has 1 saturated heterocycles. The molecule has 0 saturated carbocycles. The molecule has 2 heterocycles. The maximum Gasteiger partial charge on any atom is 0.414 e. The maximum atomic E-state index is 12.7. The highest BCUT2D eigenvalue weighted by molar-refractivity contribution is 5.92. The van der Waals surface area contributed by atoms with Gasteiger partial charge in [0.05, 0.1) is 6.54 Å². The van der Waals surface area contributed by atoms with Crippen molar-refractivity contribution in [3.63, 3.8) is 0 Å². The van der Waals surface area contributed by atoms with E-state index in [2.05, 4.69) is 37.4 Å². The van der Waals surface area contributed by atoms with E-state index >= 15 is 0 Å². The predicted octanol–water partition coefficient (Wildman–Crippen LogP) is 4.36. The number of hydrogen-bond acceptors (Lipinski definition) is 3. The van der Waals surface area contributed by atoms with Crippen LogP contribution in [-0.4, -0.2) is 36.7 Å². The quantitative estimate of drug-likeness (QED) is 0.862. The van der Waals surface area contributed by atoms with Gasteiger partial charge < -0.3 is 15.0 Å². The van der Waals surface area contributed by atoms with Crippen molar-refractivity contribution < 1.29 is 14.3 Å². The Bertz CT molecular complexity index is 892. The lowest BCUT2D eigenvalue weighted by atomic mass is 9.89. The van der Waals surface area contributed by atoms with Crippen LogP contribution in [0.5, 0.6) is 0 Å². The van der Waals surface area contributed by atoms with Crippen LogP contribution in [0.15, 0.2) is 42.5 Å². The van der Waals surface area contributed by atoms with Gasteiger partial charge in [0.25, 0.3) is 0 Å². The van der Waals surface area contributed by atoms with Gasteiger partial charge in [-0.2, -0.15) is 0 Å². The Morgan fingerprint density at radius 3 is 2.57 bits per heavy atom. The third-order valence-corrected chi connectivity index (χ3v) is 5.40. The molecule has 2 aliphatic rings. The molecule has 6 heteroatoms. The minimum Gasteiger partial charge on any atom is -0.447 e. The second-order valence-electron chi connectivity index (χ2n) is 7.55. The molecule has 0 atom stereocenters. The smallest absolute Gasteiger partial charge is 0.414 e. The van der Waals surface area contributed by atoms with Gasteiger partial charge in [0.15, 0.2) is 0 Å². The maximum absolute atomic E-state index is 12.7. The fourth-order valence-electron chi connectivity index (χ4n) is 3.91. The number of fused-ring (bicyclic) bond motifs is 1. The number of anilines is 2. The van der Waals surface area contributed by atoms with Gasteiger partial charge in [0, 0.05) is 24.5 Å². The summed E-state index contributed by atoms with van der Waals surface area (Å²) in [7, 11) is 0. The number of benzene rings is 2. The molecule has 2 aliphatic heterocycles. The van der Waals surface area contributed by atoms with Gasteiger partial charge in [-0.3, -0.25) is 4.90 Å². The zero-order valence-corrected chi connectivity index (χ0v) is 16.3. The zero-order valence-electron chi connectivity index (χ0n) is 16.3. The van der Waals surface area contributed by atoms with Crippen LogP contribution >= 0.6 is 0 Å². The van der Waals surface area contributed by atoms with E-state index < -0.39 is 0 Å². The molecular weight excluding hydrogens is 354 g/mol. The Hall–Kier alpha value is -3.02. The second kappa shape index (κ2) is 7.54. The van der Waals surface area contributed by atoms with Crippen LogP contribution < -0.4 is 10.2 Å². The van der Waals surface area contributed by atoms with Gasteiger partial charge in [-0.05, 0) is 53.3 Å². The first-order valence-corrected chi connectivity index (χ1v) is 9.74. The molecular formula is C22H25N3O3. The molecule has 0 aromatic heterocycles. The zero-order chi connectivity index (χ0) is 19.7. The Kier molecular flexibility index (Phi) is 4.94. The Labute approximate surface area is 165 Å². The summed E-state index contributed by atoms with van der Waals surface area (Å²) in [5.41, 5.74) is 5.49. The Morgan fingerprint density at radius 2 is 1.89 bits per heavy atom. The number of urea groups is 1. The van der Waals surface area contributed by atoms with E-state index in [0.29, 0.717) is 37.8 Å². The minimum atomic E-state index is -0.329. The first-order chi connectivity index (χ1) is 13.5. The number of nitrogens with zero attached hydrogens (tertiary/aromatic N) is 2. The molecule has 28 heavy (non-hydrogen) atoms. The van der Waals surface area contributed by atoms with Crippen LogP contribution in [0.25, 0.3) is 0 Å². The number of hydrogen-bond donors (Lipinski definition) is 1. The summed E-state index contributed by atoms with van der Waals surface area (Å²) < 4.78 is 4.96. The molecule has 0 spiro atoms. The third kappa shape index (κ3) is 3.54. The summed E-state index contributed by atoms with van der Waals surface area (Å²) in [5, 5.41) is 2.96. The number of cyclic esters (lactones) is 1. The lowest BCUT2D eigenvalue weighted by Crippen LogP contribution is -2.39. The van der Waals surface area contributed by atoms with E-state index in [9.17, 15) is 9.59 Å². The van der Waals surface area contributed by atoms with Crippen molar-refractivity contribution in [3.05, 3.63) is 59.2 Å². The van der Waals surface area contributed by atoms with Crippen LogP contribution in [-0.2, 0) is 17.7 Å². The van der Waals surface area contributed by atoms with Crippen molar-refractivity contribution in [2.24, 2.45) is 0 Å². The van der Waals surface area contributed by atoms with E-state index in [4.69, 9.17) is 4.74 Å². The first kappa shape index (κ1) is 18.3. The molecule has 146 valence electrons.